The van der Waals surface area contributed by atoms with Crippen LogP contribution >= 0.6 is 0 Å². The van der Waals surface area contributed by atoms with Crippen LogP contribution < -0.4 is 5.56 Å². The van der Waals surface area contributed by atoms with Gasteiger partial charge in [-0.05, 0) is 41.6 Å². The molecule has 1 N–H and O–H groups in total. The van der Waals surface area contributed by atoms with Crippen LogP contribution in [0.5, 0.6) is 0 Å². The standard InChI is InChI=1S/C16H14N2O/c1-2-11-3-4-14-13(9-11)10-15(18-16(14)19)12-5-7-17-8-6-12/h3-10H,2H2,1H3,(H,18,19). The number of aryl methyl sites for hydroxylation is 1. The molecule has 0 saturated heterocycles. The minimum Gasteiger partial charge on any atom is -0.321 e. The summed E-state index contributed by atoms with van der Waals surface area (Å²) in [6.07, 6.45) is 4.41. The van der Waals surface area contributed by atoms with E-state index in [9.17, 15) is 4.79 Å². The first-order valence-corrected chi connectivity index (χ1v) is 6.34. The average Bonchev–Trinajstić information content (AvgIpc) is 2.47. The zero-order valence-corrected chi connectivity index (χ0v) is 10.7. The smallest absolute Gasteiger partial charge is 0.256 e. The predicted molar refractivity (Wildman–Crippen MR) is 77.2 cm³/mol. The summed E-state index contributed by atoms with van der Waals surface area (Å²) in [6, 6.07) is 11.8. The molecule has 0 aliphatic heterocycles. The molecule has 0 spiro atoms. The number of pyridine rings is 2. The Morgan fingerprint density at radius 1 is 1.11 bits per heavy atom. The van der Waals surface area contributed by atoms with Crippen molar-refractivity contribution in [3.05, 3.63) is 64.7 Å². The van der Waals surface area contributed by atoms with Gasteiger partial charge in [0.2, 0.25) is 0 Å². The van der Waals surface area contributed by atoms with Crippen LogP contribution in [0.1, 0.15) is 12.5 Å². The molecule has 0 atom stereocenters. The van der Waals surface area contributed by atoms with Crippen molar-refractivity contribution in [1.29, 1.82) is 0 Å². The van der Waals surface area contributed by atoms with E-state index in [1.54, 1.807) is 12.4 Å². The lowest BCUT2D eigenvalue weighted by Gasteiger charge is -2.05. The Bertz CT molecular complexity index is 776. The minimum atomic E-state index is -0.0491. The summed E-state index contributed by atoms with van der Waals surface area (Å²) in [7, 11) is 0. The van der Waals surface area contributed by atoms with Crippen molar-refractivity contribution >= 4 is 10.8 Å². The molecule has 0 aliphatic rings. The second-order valence-electron chi connectivity index (χ2n) is 4.52. The first-order chi connectivity index (χ1) is 9.28. The molecule has 2 heterocycles. The summed E-state index contributed by atoms with van der Waals surface area (Å²) in [5.74, 6) is 0. The summed E-state index contributed by atoms with van der Waals surface area (Å²) in [5.41, 5.74) is 2.98. The zero-order chi connectivity index (χ0) is 13.2. The topological polar surface area (TPSA) is 45.8 Å². The molecule has 0 bridgehead atoms. The number of aromatic nitrogens is 2. The molecule has 0 amide bonds. The van der Waals surface area contributed by atoms with Crippen LogP contribution in [0.4, 0.5) is 0 Å². The number of benzene rings is 1. The fraction of sp³-hybridized carbons (Fsp3) is 0.125. The number of H-pyrrole nitrogens is 1. The maximum atomic E-state index is 12.1. The van der Waals surface area contributed by atoms with Crippen molar-refractivity contribution < 1.29 is 0 Å². The van der Waals surface area contributed by atoms with E-state index in [1.807, 2.05) is 30.3 Å². The van der Waals surface area contributed by atoms with E-state index in [4.69, 9.17) is 0 Å². The Labute approximate surface area is 111 Å². The van der Waals surface area contributed by atoms with Crippen molar-refractivity contribution in [3.63, 3.8) is 0 Å². The van der Waals surface area contributed by atoms with Crippen LogP contribution in [0.2, 0.25) is 0 Å². The molecule has 0 aliphatic carbocycles. The number of fused-ring (bicyclic) bond motifs is 1. The van der Waals surface area contributed by atoms with Gasteiger partial charge >= 0.3 is 0 Å². The van der Waals surface area contributed by atoms with E-state index in [0.717, 1.165) is 28.5 Å². The highest BCUT2D eigenvalue weighted by Gasteiger charge is 2.04. The number of rotatable bonds is 2. The van der Waals surface area contributed by atoms with Crippen LogP contribution in [-0.2, 0) is 6.42 Å². The van der Waals surface area contributed by atoms with Crippen molar-refractivity contribution in [3.8, 4) is 11.3 Å². The molecule has 3 aromatic rings. The van der Waals surface area contributed by atoms with Crippen LogP contribution in [0.25, 0.3) is 22.0 Å². The van der Waals surface area contributed by atoms with E-state index in [2.05, 4.69) is 23.0 Å². The fourth-order valence-electron chi connectivity index (χ4n) is 2.23. The van der Waals surface area contributed by atoms with E-state index in [1.165, 1.54) is 5.56 Å². The highest BCUT2D eigenvalue weighted by atomic mass is 16.1. The Balaban J connectivity index is 2.26. The van der Waals surface area contributed by atoms with Gasteiger partial charge in [-0.3, -0.25) is 9.78 Å². The molecule has 3 rings (SSSR count). The monoisotopic (exact) mass is 250 g/mol. The fourth-order valence-corrected chi connectivity index (χ4v) is 2.23. The highest BCUT2D eigenvalue weighted by molar-refractivity contribution is 5.85. The van der Waals surface area contributed by atoms with Gasteiger partial charge in [0.25, 0.3) is 5.56 Å². The van der Waals surface area contributed by atoms with Crippen molar-refractivity contribution in [2.45, 2.75) is 13.3 Å². The van der Waals surface area contributed by atoms with Crippen LogP contribution in [-0.4, -0.2) is 9.97 Å². The van der Waals surface area contributed by atoms with Gasteiger partial charge in [0, 0.05) is 29.0 Å². The third-order valence-electron chi connectivity index (χ3n) is 3.31. The largest absolute Gasteiger partial charge is 0.321 e. The lowest BCUT2D eigenvalue weighted by molar-refractivity contribution is 1.14. The van der Waals surface area contributed by atoms with Gasteiger partial charge in [-0.2, -0.15) is 0 Å². The second kappa shape index (κ2) is 4.69. The summed E-state index contributed by atoms with van der Waals surface area (Å²) >= 11 is 0. The molecule has 3 heteroatoms. The lowest BCUT2D eigenvalue weighted by atomic mass is 10.0. The third-order valence-corrected chi connectivity index (χ3v) is 3.31. The van der Waals surface area contributed by atoms with E-state index >= 15 is 0 Å². The van der Waals surface area contributed by atoms with Crippen molar-refractivity contribution in [1.82, 2.24) is 9.97 Å². The average molecular weight is 250 g/mol. The minimum absolute atomic E-state index is 0.0491. The summed E-state index contributed by atoms with van der Waals surface area (Å²) in [6.45, 7) is 2.11. The summed E-state index contributed by atoms with van der Waals surface area (Å²) in [4.78, 5) is 19.0. The maximum Gasteiger partial charge on any atom is 0.256 e. The normalized spacial score (nSPS) is 10.8. The number of hydrogen-bond acceptors (Lipinski definition) is 2. The SMILES string of the molecule is CCc1ccc2c(=O)[nH]c(-c3ccncc3)cc2c1. The Morgan fingerprint density at radius 2 is 1.89 bits per heavy atom. The van der Waals surface area contributed by atoms with Gasteiger partial charge in [-0.15, -0.1) is 0 Å². The van der Waals surface area contributed by atoms with Gasteiger partial charge < -0.3 is 4.98 Å². The van der Waals surface area contributed by atoms with Gasteiger partial charge in [0.15, 0.2) is 0 Å². The molecule has 0 unspecified atom stereocenters. The van der Waals surface area contributed by atoms with Gasteiger partial charge in [-0.1, -0.05) is 19.1 Å². The molecular formula is C16H14N2O. The zero-order valence-electron chi connectivity index (χ0n) is 10.7. The van der Waals surface area contributed by atoms with Crippen LogP contribution in [0.3, 0.4) is 0 Å². The first-order valence-electron chi connectivity index (χ1n) is 6.34. The Kier molecular flexibility index (Phi) is 2.88. The van der Waals surface area contributed by atoms with Crippen molar-refractivity contribution in [2.24, 2.45) is 0 Å². The van der Waals surface area contributed by atoms with E-state index in [0.29, 0.717) is 0 Å². The molecule has 3 nitrogen and oxygen atoms in total. The molecule has 1 aromatic carbocycles. The van der Waals surface area contributed by atoms with Crippen molar-refractivity contribution in [2.75, 3.05) is 0 Å². The number of nitrogens with zero attached hydrogens (tertiary/aromatic N) is 1. The van der Waals surface area contributed by atoms with Crippen LogP contribution in [0.15, 0.2) is 53.6 Å². The maximum absolute atomic E-state index is 12.1. The summed E-state index contributed by atoms with van der Waals surface area (Å²) < 4.78 is 0. The Hall–Kier alpha value is -2.42. The molecule has 2 aromatic heterocycles. The molecule has 19 heavy (non-hydrogen) atoms. The Morgan fingerprint density at radius 3 is 2.63 bits per heavy atom. The number of aromatic amines is 1. The molecule has 94 valence electrons. The summed E-state index contributed by atoms with van der Waals surface area (Å²) in [5, 5.41) is 1.71. The van der Waals surface area contributed by atoms with Gasteiger partial charge in [0.1, 0.15) is 0 Å². The van der Waals surface area contributed by atoms with Gasteiger partial charge in [-0.25, -0.2) is 0 Å². The molecule has 0 radical (unpaired) electrons. The highest BCUT2D eigenvalue weighted by Crippen LogP contribution is 2.20. The lowest BCUT2D eigenvalue weighted by Crippen LogP contribution is -2.07. The molecule has 0 fully saturated rings. The molecular weight excluding hydrogens is 236 g/mol. The van der Waals surface area contributed by atoms with E-state index in [-0.39, 0.29) is 5.56 Å². The first kappa shape index (κ1) is 11.7. The van der Waals surface area contributed by atoms with Gasteiger partial charge in [0.05, 0.1) is 0 Å². The number of hydrogen-bond donors (Lipinski definition) is 1. The van der Waals surface area contributed by atoms with E-state index < -0.39 is 0 Å². The third kappa shape index (κ3) is 2.15. The van der Waals surface area contributed by atoms with Crippen LogP contribution in [0, 0.1) is 0 Å². The molecule has 0 saturated carbocycles. The second-order valence-corrected chi connectivity index (χ2v) is 4.52. The predicted octanol–water partition coefficient (Wildman–Crippen LogP) is 3.15. The number of nitrogens with one attached hydrogen (secondary N) is 1. The quantitative estimate of drug-likeness (QED) is 0.759.